The van der Waals surface area contributed by atoms with Crippen LogP contribution in [0.15, 0.2) is 18.2 Å². The lowest BCUT2D eigenvalue weighted by atomic mass is 9.74. The lowest BCUT2D eigenvalue weighted by molar-refractivity contribution is -0.128. The van der Waals surface area contributed by atoms with Crippen LogP contribution in [0, 0.1) is 19.8 Å². The third-order valence-corrected chi connectivity index (χ3v) is 4.52. The summed E-state index contributed by atoms with van der Waals surface area (Å²) < 4.78 is 0. The molecule has 118 valence electrons. The van der Waals surface area contributed by atoms with Crippen molar-refractivity contribution in [3.05, 3.63) is 34.9 Å². The quantitative estimate of drug-likeness (QED) is 0.900. The van der Waals surface area contributed by atoms with Gasteiger partial charge in [0.05, 0.1) is 5.92 Å². The van der Waals surface area contributed by atoms with Gasteiger partial charge < -0.3 is 11.1 Å². The predicted molar refractivity (Wildman–Crippen MR) is 89.6 cm³/mol. The van der Waals surface area contributed by atoms with Gasteiger partial charge >= 0.3 is 0 Å². The first kappa shape index (κ1) is 18.0. The fourth-order valence-corrected chi connectivity index (χ4v) is 3.14. The second-order valence-electron chi connectivity index (χ2n) is 6.45. The number of hydrogen-bond acceptors (Lipinski definition) is 2. The largest absolute Gasteiger partial charge is 0.352 e. The number of amides is 1. The third kappa shape index (κ3) is 4.45. The molecule has 0 spiro atoms. The number of nitrogens with two attached hydrogens (primary N) is 1. The molecule has 0 heterocycles. The van der Waals surface area contributed by atoms with Gasteiger partial charge in [0.25, 0.3) is 0 Å². The molecule has 0 saturated heterocycles. The zero-order chi connectivity index (χ0) is 14.8. The van der Waals surface area contributed by atoms with E-state index in [-0.39, 0.29) is 29.8 Å². The predicted octanol–water partition coefficient (Wildman–Crippen LogP) is 3.25. The van der Waals surface area contributed by atoms with Gasteiger partial charge in [-0.2, -0.15) is 0 Å². The molecule has 1 saturated carbocycles. The topological polar surface area (TPSA) is 55.1 Å². The van der Waals surface area contributed by atoms with E-state index in [2.05, 4.69) is 37.4 Å². The molecule has 2 unspecified atom stereocenters. The fourth-order valence-electron chi connectivity index (χ4n) is 3.14. The molecule has 0 aromatic heterocycles. The third-order valence-electron chi connectivity index (χ3n) is 4.52. The number of rotatable bonds is 3. The smallest absolute Gasteiger partial charge is 0.225 e. The average Bonchev–Trinajstić information content (AvgIpc) is 2.37. The Morgan fingerprint density at radius 2 is 2.10 bits per heavy atom. The van der Waals surface area contributed by atoms with Gasteiger partial charge in [-0.1, -0.05) is 36.6 Å². The molecule has 2 rings (SSSR count). The van der Waals surface area contributed by atoms with E-state index in [4.69, 9.17) is 5.73 Å². The molecular weight excluding hydrogens is 284 g/mol. The molecule has 1 aliphatic rings. The first-order valence-corrected chi connectivity index (χ1v) is 7.53. The van der Waals surface area contributed by atoms with Gasteiger partial charge in [-0.3, -0.25) is 4.79 Å². The Morgan fingerprint density at radius 3 is 2.71 bits per heavy atom. The molecule has 0 aliphatic heterocycles. The number of halogens is 1. The number of carbonyl (C=O) groups is 1. The minimum Gasteiger partial charge on any atom is -0.352 e. The molecule has 0 radical (unpaired) electrons. The van der Waals surface area contributed by atoms with E-state index in [0.717, 1.165) is 25.7 Å². The molecule has 1 aliphatic carbocycles. The summed E-state index contributed by atoms with van der Waals surface area (Å²) in [5, 5.41) is 3.07. The standard InChI is InChI=1S/C17H26N2O.ClH/c1-12-7-8-14(13(2)10-12)11-19-16(20)15-6-4-5-9-17(15,3)18;/h7-8,10,15H,4-6,9,11,18H2,1-3H3,(H,19,20);1H. The van der Waals surface area contributed by atoms with E-state index >= 15 is 0 Å². The molecular formula is C17H27ClN2O. The molecule has 0 bridgehead atoms. The van der Waals surface area contributed by atoms with Crippen molar-refractivity contribution in [2.75, 3.05) is 0 Å². The Hall–Kier alpha value is -1.06. The van der Waals surface area contributed by atoms with E-state index in [1.807, 2.05) is 6.92 Å². The van der Waals surface area contributed by atoms with Crippen molar-refractivity contribution in [1.82, 2.24) is 5.32 Å². The number of carbonyl (C=O) groups excluding carboxylic acids is 1. The summed E-state index contributed by atoms with van der Waals surface area (Å²) in [7, 11) is 0. The maximum absolute atomic E-state index is 12.4. The first-order valence-electron chi connectivity index (χ1n) is 7.53. The maximum atomic E-state index is 12.4. The van der Waals surface area contributed by atoms with Crippen LogP contribution in [0.2, 0.25) is 0 Å². The summed E-state index contributed by atoms with van der Waals surface area (Å²) in [6.45, 7) is 6.77. The van der Waals surface area contributed by atoms with Crippen LogP contribution in [-0.4, -0.2) is 11.4 Å². The van der Waals surface area contributed by atoms with E-state index in [1.165, 1.54) is 16.7 Å². The van der Waals surface area contributed by atoms with Crippen molar-refractivity contribution in [3.8, 4) is 0 Å². The second-order valence-corrected chi connectivity index (χ2v) is 6.45. The lowest BCUT2D eigenvalue weighted by Crippen LogP contribution is -2.52. The average molecular weight is 311 g/mol. The SMILES string of the molecule is Cc1ccc(CNC(=O)C2CCCCC2(C)N)c(C)c1.Cl. The molecule has 1 aromatic rings. The van der Waals surface area contributed by atoms with E-state index in [1.54, 1.807) is 0 Å². The van der Waals surface area contributed by atoms with E-state index in [9.17, 15) is 4.79 Å². The van der Waals surface area contributed by atoms with Crippen molar-refractivity contribution < 1.29 is 4.79 Å². The van der Waals surface area contributed by atoms with Gasteiger partial charge in [-0.25, -0.2) is 0 Å². The fraction of sp³-hybridized carbons (Fsp3) is 0.588. The Labute approximate surface area is 134 Å². The molecule has 21 heavy (non-hydrogen) atoms. The number of hydrogen-bond donors (Lipinski definition) is 2. The normalized spacial score (nSPS) is 25.0. The first-order chi connectivity index (χ1) is 9.40. The Morgan fingerprint density at radius 1 is 1.38 bits per heavy atom. The van der Waals surface area contributed by atoms with Crippen LogP contribution in [0.5, 0.6) is 0 Å². The van der Waals surface area contributed by atoms with Gasteiger partial charge in [0.2, 0.25) is 5.91 Å². The van der Waals surface area contributed by atoms with Crippen LogP contribution >= 0.6 is 12.4 Å². The van der Waals surface area contributed by atoms with Crippen molar-refractivity contribution in [2.24, 2.45) is 11.7 Å². The van der Waals surface area contributed by atoms with Crippen LogP contribution in [0.4, 0.5) is 0 Å². The van der Waals surface area contributed by atoms with Crippen LogP contribution < -0.4 is 11.1 Å². The zero-order valence-corrected chi connectivity index (χ0v) is 14.1. The van der Waals surface area contributed by atoms with Gasteiger partial charge in [0.1, 0.15) is 0 Å². The molecule has 4 heteroatoms. The highest BCUT2D eigenvalue weighted by Crippen LogP contribution is 2.31. The Balaban J connectivity index is 0.00000220. The summed E-state index contributed by atoms with van der Waals surface area (Å²) in [4.78, 5) is 12.4. The molecule has 1 amide bonds. The highest BCUT2D eigenvalue weighted by atomic mass is 35.5. The molecule has 1 aromatic carbocycles. The van der Waals surface area contributed by atoms with E-state index < -0.39 is 0 Å². The van der Waals surface area contributed by atoms with Crippen molar-refractivity contribution >= 4 is 18.3 Å². The van der Waals surface area contributed by atoms with Crippen LogP contribution in [0.25, 0.3) is 0 Å². The Bertz CT molecular complexity index is 500. The number of aryl methyl sites for hydroxylation is 2. The highest BCUT2D eigenvalue weighted by molar-refractivity contribution is 5.85. The van der Waals surface area contributed by atoms with Crippen molar-refractivity contribution in [3.63, 3.8) is 0 Å². The van der Waals surface area contributed by atoms with Crippen molar-refractivity contribution in [2.45, 2.75) is 58.5 Å². The van der Waals surface area contributed by atoms with E-state index in [0.29, 0.717) is 6.54 Å². The minimum atomic E-state index is -0.356. The van der Waals surface area contributed by atoms with Gasteiger partial charge in [0.15, 0.2) is 0 Å². The van der Waals surface area contributed by atoms with Crippen molar-refractivity contribution in [1.29, 1.82) is 0 Å². The zero-order valence-electron chi connectivity index (χ0n) is 13.2. The van der Waals surface area contributed by atoms with Gasteiger partial charge in [-0.05, 0) is 44.7 Å². The molecule has 2 atom stereocenters. The molecule has 1 fully saturated rings. The summed E-state index contributed by atoms with van der Waals surface area (Å²) >= 11 is 0. The maximum Gasteiger partial charge on any atom is 0.225 e. The van der Waals surface area contributed by atoms with Crippen LogP contribution in [0.1, 0.15) is 49.3 Å². The second kappa shape index (κ2) is 7.28. The minimum absolute atomic E-state index is 0. The molecule has 3 nitrogen and oxygen atoms in total. The summed E-state index contributed by atoms with van der Waals surface area (Å²) in [5.74, 6) is 0.0525. The number of benzene rings is 1. The summed E-state index contributed by atoms with van der Waals surface area (Å²) in [6, 6.07) is 6.32. The van der Waals surface area contributed by atoms with Crippen LogP contribution in [0.3, 0.4) is 0 Å². The van der Waals surface area contributed by atoms with Crippen LogP contribution in [-0.2, 0) is 11.3 Å². The lowest BCUT2D eigenvalue weighted by Gasteiger charge is -2.37. The monoisotopic (exact) mass is 310 g/mol. The summed E-state index contributed by atoms with van der Waals surface area (Å²) in [6.07, 6.45) is 4.09. The summed E-state index contributed by atoms with van der Waals surface area (Å²) in [5.41, 5.74) is 9.58. The van der Waals surface area contributed by atoms with Gasteiger partial charge in [0, 0.05) is 12.1 Å². The molecule has 3 N–H and O–H groups in total. The Kier molecular flexibility index (Phi) is 6.24. The van der Waals surface area contributed by atoms with Gasteiger partial charge in [-0.15, -0.1) is 12.4 Å². The highest BCUT2D eigenvalue weighted by Gasteiger charge is 2.37. The number of nitrogens with one attached hydrogen (secondary N) is 1.